The zero-order valence-corrected chi connectivity index (χ0v) is 12.7. The lowest BCUT2D eigenvalue weighted by Crippen LogP contribution is -2.30. The predicted molar refractivity (Wildman–Crippen MR) is 84.6 cm³/mol. The van der Waals surface area contributed by atoms with Crippen LogP contribution in [0.2, 0.25) is 0 Å². The maximum Gasteiger partial charge on any atom is 0.322 e. The number of hydrogen-bond donors (Lipinski definition) is 3. The van der Waals surface area contributed by atoms with Crippen LogP contribution in [0.4, 0.5) is 0 Å². The van der Waals surface area contributed by atoms with E-state index in [1.807, 2.05) is 22.9 Å². The summed E-state index contributed by atoms with van der Waals surface area (Å²) in [6, 6.07) is 5.46. The number of pyridine rings is 1. The molecule has 0 fully saturated rings. The minimum atomic E-state index is -1.16. The van der Waals surface area contributed by atoms with E-state index < -0.39 is 18.4 Å². The first kappa shape index (κ1) is 14.5. The van der Waals surface area contributed by atoms with Gasteiger partial charge >= 0.3 is 5.97 Å². The second-order valence-electron chi connectivity index (χ2n) is 4.37. The summed E-state index contributed by atoms with van der Waals surface area (Å²) in [6.07, 6.45) is 0. The number of rotatable bonds is 4. The number of amides is 1. The number of aromatic hydroxyl groups is 1. The van der Waals surface area contributed by atoms with Crippen molar-refractivity contribution in [1.29, 1.82) is 0 Å². The van der Waals surface area contributed by atoms with Gasteiger partial charge in [-0.15, -0.1) is 22.7 Å². The minimum absolute atomic E-state index is 0.171. The normalized spacial score (nSPS) is 10.7. The number of nitrogens with one attached hydrogen (secondary N) is 1. The van der Waals surface area contributed by atoms with Crippen molar-refractivity contribution in [3.8, 4) is 16.3 Å². The number of carboxylic acids is 1. The Balaban J connectivity index is 2.13. The van der Waals surface area contributed by atoms with Gasteiger partial charge in [0.25, 0.3) is 5.91 Å². The monoisotopic (exact) mass is 334 g/mol. The highest BCUT2D eigenvalue weighted by Crippen LogP contribution is 2.39. The summed E-state index contributed by atoms with van der Waals surface area (Å²) in [7, 11) is 0. The first-order chi connectivity index (χ1) is 10.6. The fourth-order valence-corrected chi connectivity index (χ4v) is 3.68. The van der Waals surface area contributed by atoms with Gasteiger partial charge in [-0.1, -0.05) is 6.07 Å². The van der Waals surface area contributed by atoms with Crippen LogP contribution in [-0.4, -0.2) is 33.6 Å². The molecule has 112 valence electrons. The SMILES string of the molecule is O=C(O)CNC(=O)c1nc(-c2cccs2)c2sccc2c1O. The van der Waals surface area contributed by atoms with E-state index in [2.05, 4.69) is 10.3 Å². The van der Waals surface area contributed by atoms with E-state index in [4.69, 9.17) is 5.11 Å². The molecule has 3 heterocycles. The maximum atomic E-state index is 12.1. The molecule has 6 nitrogen and oxygen atoms in total. The lowest BCUT2D eigenvalue weighted by Gasteiger charge is -2.08. The fraction of sp³-hybridized carbons (Fsp3) is 0.0714. The number of nitrogens with zero attached hydrogens (tertiary/aromatic N) is 1. The molecule has 0 aromatic carbocycles. The third kappa shape index (κ3) is 2.53. The number of carboxylic acid groups (broad SMARTS) is 1. The Morgan fingerprint density at radius 2 is 2.05 bits per heavy atom. The summed E-state index contributed by atoms with van der Waals surface area (Å²) in [6.45, 7) is -0.532. The van der Waals surface area contributed by atoms with Crippen LogP contribution in [0.5, 0.6) is 5.75 Å². The molecule has 0 atom stereocenters. The van der Waals surface area contributed by atoms with E-state index >= 15 is 0 Å². The van der Waals surface area contributed by atoms with Crippen molar-refractivity contribution in [3.05, 3.63) is 34.7 Å². The van der Waals surface area contributed by atoms with Gasteiger partial charge in [0.2, 0.25) is 0 Å². The van der Waals surface area contributed by atoms with Gasteiger partial charge in [-0.3, -0.25) is 9.59 Å². The van der Waals surface area contributed by atoms with E-state index in [1.54, 1.807) is 6.07 Å². The second-order valence-corrected chi connectivity index (χ2v) is 6.24. The fourth-order valence-electron chi connectivity index (χ4n) is 2.00. The van der Waals surface area contributed by atoms with E-state index in [-0.39, 0.29) is 11.4 Å². The Bertz CT molecular complexity index is 855. The van der Waals surface area contributed by atoms with Crippen LogP contribution >= 0.6 is 22.7 Å². The average molecular weight is 334 g/mol. The van der Waals surface area contributed by atoms with Gasteiger partial charge in [0.05, 0.1) is 15.3 Å². The van der Waals surface area contributed by atoms with Gasteiger partial charge < -0.3 is 15.5 Å². The molecule has 0 saturated carbocycles. The quantitative estimate of drug-likeness (QED) is 0.681. The van der Waals surface area contributed by atoms with E-state index in [1.165, 1.54) is 22.7 Å². The number of hydrogen-bond acceptors (Lipinski definition) is 6. The average Bonchev–Trinajstić information content (AvgIpc) is 3.16. The lowest BCUT2D eigenvalue weighted by atomic mass is 10.1. The van der Waals surface area contributed by atoms with Gasteiger partial charge in [0, 0.05) is 5.39 Å². The van der Waals surface area contributed by atoms with Crippen LogP contribution in [0, 0.1) is 0 Å². The van der Waals surface area contributed by atoms with Crippen molar-refractivity contribution in [2.75, 3.05) is 6.54 Å². The summed E-state index contributed by atoms with van der Waals surface area (Å²) in [5.41, 5.74) is 0.439. The van der Waals surface area contributed by atoms with Crippen molar-refractivity contribution >= 4 is 44.6 Å². The molecular weight excluding hydrogens is 324 g/mol. The molecule has 0 aliphatic heterocycles. The van der Waals surface area contributed by atoms with Gasteiger partial charge in [-0.05, 0) is 22.9 Å². The zero-order chi connectivity index (χ0) is 15.7. The van der Waals surface area contributed by atoms with Crippen molar-refractivity contribution in [2.45, 2.75) is 0 Å². The summed E-state index contributed by atoms with van der Waals surface area (Å²) in [5, 5.41) is 25.3. The molecule has 3 aromatic rings. The van der Waals surface area contributed by atoms with Crippen molar-refractivity contribution in [3.63, 3.8) is 0 Å². The topological polar surface area (TPSA) is 99.5 Å². The number of carbonyl (C=O) groups is 2. The van der Waals surface area contributed by atoms with Gasteiger partial charge in [-0.2, -0.15) is 0 Å². The van der Waals surface area contributed by atoms with E-state index in [0.717, 1.165) is 9.58 Å². The summed E-state index contributed by atoms with van der Waals surface area (Å²) < 4.78 is 0.787. The molecule has 3 aromatic heterocycles. The Morgan fingerprint density at radius 3 is 2.73 bits per heavy atom. The largest absolute Gasteiger partial charge is 0.505 e. The second kappa shape index (κ2) is 5.74. The van der Waals surface area contributed by atoms with Crippen LogP contribution in [0.25, 0.3) is 20.7 Å². The third-order valence-electron chi connectivity index (χ3n) is 2.95. The Kier molecular flexibility index (Phi) is 3.78. The summed E-state index contributed by atoms with van der Waals surface area (Å²) in [4.78, 5) is 27.8. The molecule has 0 radical (unpaired) electrons. The number of aliphatic carboxylic acids is 1. The number of carbonyl (C=O) groups excluding carboxylic acids is 1. The predicted octanol–water partition coefficient (Wildman–Crippen LogP) is 2.54. The summed E-state index contributed by atoms with van der Waals surface area (Å²) >= 11 is 2.90. The Hall–Kier alpha value is -2.45. The molecule has 0 bridgehead atoms. The number of fused-ring (bicyclic) bond motifs is 1. The van der Waals surface area contributed by atoms with E-state index in [9.17, 15) is 14.7 Å². The smallest absolute Gasteiger partial charge is 0.322 e. The first-order valence-electron chi connectivity index (χ1n) is 6.22. The van der Waals surface area contributed by atoms with Crippen LogP contribution in [0.15, 0.2) is 29.0 Å². The molecule has 0 saturated heterocycles. The highest BCUT2D eigenvalue weighted by atomic mass is 32.1. The van der Waals surface area contributed by atoms with Crippen molar-refractivity contribution < 1.29 is 19.8 Å². The number of aromatic nitrogens is 1. The molecular formula is C14H10N2O4S2. The van der Waals surface area contributed by atoms with Crippen LogP contribution in [0.1, 0.15) is 10.5 Å². The Labute approximate surface area is 132 Å². The molecule has 8 heteroatoms. The van der Waals surface area contributed by atoms with Gasteiger partial charge in [0.1, 0.15) is 6.54 Å². The molecule has 0 unspecified atom stereocenters. The standard InChI is InChI=1S/C14H10N2O4S2/c17-9(18)6-15-14(20)11-12(19)7-3-5-22-13(7)10(16-11)8-2-1-4-21-8/h1-5,19H,6H2,(H,15,20)(H,17,18). The number of thiophene rings is 2. The molecule has 0 aliphatic carbocycles. The molecule has 22 heavy (non-hydrogen) atoms. The molecule has 0 aliphatic rings. The van der Waals surface area contributed by atoms with E-state index in [0.29, 0.717) is 11.1 Å². The third-order valence-corrected chi connectivity index (χ3v) is 4.75. The van der Waals surface area contributed by atoms with Crippen LogP contribution < -0.4 is 5.32 Å². The molecule has 3 rings (SSSR count). The Morgan fingerprint density at radius 1 is 1.23 bits per heavy atom. The van der Waals surface area contributed by atoms with Crippen LogP contribution in [-0.2, 0) is 4.79 Å². The van der Waals surface area contributed by atoms with Gasteiger partial charge in [0.15, 0.2) is 11.4 Å². The highest BCUT2D eigenvalue weighted by Gasteiger charge is 2.21. The maximum absolute atomic E-state index is 12.1. The van der Waals surface area contributed by atoms with Crippen molar-refractivity contribution in [2.24, 2.45) is 0 Å². The lowest BCUT2D eigenvalue weighted by molar-refractivity contribution is -0.135. The minimum Gasteiger partial charge on any atom is -0.505 e. The van der Waals surface area contributed by atoms with Crippen LogP contribution in [0.3, 0.4) is 0 Å². The molecule has 1 amide bonds. The molecule has 0 spiro atoms. The highest BCUT2D eigenvalue weighted by molar-refractivity contribution is 7.19. The zero-order valence-electron chi connectivity index (χ0n) is 11.1. The first-order valence-corrected chi connectivity index (χ1v) is 7.98. The van der Waals surface area contributed by atoms with Gasteiger partial charge in [-0.25, -0.2) is 4.98 Å². The van der Waals surface area contributed by atoms with Crippen molar-refractivity contribution in [1.82, 2.24) is 10.3 Å². The summed E-state index contributed by atoms with van der Waals surface area (Å²) in [5.74, 6) is -2.12. The molecule has 3 N–H and O–H groups in total.